The maximum Gasteiger partial charge on any atom is 0.230 e. The summed E-state index contributed by atoms with van der Waals surface area (Å²) in [7, 11) is 0. The fourth-order valence-electron chi connectivity index (χ4n) is 4.48. The van der Waals surface area contributed by atoms with Gasteiger partial charge in [-0.3, -0.25) is 19.5 Å². The molecule has 0 N–H and O–H groups in total. The van der Waals surface area contributed by atoms with Crippen LogP contribution in [0.2, 0.25) is 0 Å². The first-order valence-electron chi connectivity index (χ1n) is 11.4. The lowest BCUT2D eigenvalue weighted by Gasteiger charge is -2.34. The molecule has 4 aromatic rings. The standard InChI is InChI=1S/C27H28N4OS/c1-21(32)31(25-11-3-2-4-12-25)27-28-24(20-33-27)19-30-16-14-29(15-17-30)18-23-10-7-9-22-8-5-6-13-26(22)23/h2-13,20H,14-19H2,1H3. The van der Waals surface area contributed by atoms with Gasteiger partial charge in [0.15, 0.2) is 5.13 Å². The van der Waals surface area contributed by atoms with Gasteiger partial charge in [0.05, 0.1) is 11.4 Å². The second-order valence-corrected chi connectivity index (χ2v) is 9.34. The Morgan fingerprint density at radius 1 is 0.879 bits per heavy atom. The Morgan fingerprint density at radius 3 is 2.30 bits per heavy atom. The number of benzene rings is 3. The Balaban J connectivity index is 1.20. The number of piperazine rings is 1. The van der Waals surface area contributed by atoms with Crippen LogP contribution in [0.15, 0.2) is 78.2 Å². The first-order chi connectivity index (χ1) is 16.2. The van der Waals surface area contributed by atoms with Gasteiger partial charge in [0.1, 0.15) is 0 Å². The highest BCUT2D eigenvalue weighted by Gasteiger charge is 2.21. The van der Waals surface area contributed by atoms with Gasteiger partial charge in [0.2, 0.25) is 5.91 Å². The number of fused-ring (bicyclic) bond motifs is 1. The molecule has 0 spiro atoms. The van der Waals surface area contributed by atoms with Crippen molar-refractivity contribution in [2.24, 2.45) is 0 Å². The Hall–Kier alpha value is -3.06. The lowest BCUT2D eigenvalue weighted by molar-refractivity contribution is -0.115. The van der Waals surface area contributed by atoms with Crippen LogP contribution in [0, 0.1) is 0 Å². The number of anilines is 2. The average Bonchev–Trinajstić information content (AvgIpc) is 3.29. The van der Waals surface area contributed by atoms with E-state index < -0.39 is 0 Å². The number of rotatable bonds is 6. The molecule has 1 aliphatic rings. The van der Waals surface area contributed by atoms with Crippen LogP contribution >= 0.6 is 11.3 Å². The molecule has 0 atom stereocenters. The van der Waals surface area contributed by atoms with Crippen molar-refractivity contribution in [3.05, 3.63) is 89.4 Å². The normalized spacial score (nSPS) is 15.1. The second kappa shape index (κ2) is 9.83. The SMILES string of the molecule is CC(=O)N(c1ccccc1)c1nc(CN2CCN(Cc3cccc4ccccc34)CC2)cs1. The number of amides is 1. The predicted octanol–water partition coefficient (Wildman–Crippen LogP) is 5.30. The van der Waals surface area contributed by atoms with Crippen molar-refractivity contribution in [1.29, 1.82) is 0 Å². The summed E-state index contributed by atoms with van der Waals surface area (Å²) in [4.78, 5) is 23.8. The Labute approximate surface area is 198 Å². The lowest BCUT2D eigenvalue weighted by Crippen LogP contribution is -2.45. The third-order valence-electron chi connectivity index (χ3n) is 6.18. The van der Waals surface area contributed by atoms with Crippen molar-refractivity contribution in [2.75, 3.05) is 31.1 Å². The summed E-state index contributed by atoms with van der Waals surface area (Å²) in [6.07, 6.45) is 0. The van der Waals surface area contributed by atoms with E-state index in [1.165, 1.54) is 27.7 Å². The molecule has 0 unspecified atom stereocenters. The predicted molar refractivity (Wildman–Crippen MR) is 136 cm³/mol. The zero-order valence-electron chi connectivity index (χ0n) is 18.9. The molecule has 1 saturated heterocycles. The maximum absolute atomic E-state index is 12.3. The topological polar surface area (TPSA) is 39.7 Å². The van der Waals surface area contributed by atoms with Crippen LogP contribution in [0.3, 0.4) is 0 Å². The summed E-state index contributed by atoms with van der Waals surface area (Å²) in [5, 5.41) is 5.48. The third kappa shape index (κ3) is 4.98. The van der Waals surface area contributed by atoms with Crippen molar-refractivity contribution in [2.45, 2.75) is 20.0 Å². The second-order valence-electron chi connectivity index (χ2n) is 8.50. The van der Waals surface area contributed by atoms with Gasteiger partial charge in [-0.1, -0.05) is 60.7 Å². The number of carbonyl (C=O) groups excluding carboxylic acids is 1. The van der Waals surface area contributed by atoms with E-state index in [0.29, 0.717) is 0 Å². The van der Waals surface area contributed by atoms with Gasteiger partial charge >= 0.3 is 0 Å². The van der Waals surface area contributed by atoms with Gasteiger partial charge in [-0.15, -0.1) is 11.3 Å². The monoisotopic (exact) mass is 456 g/mol. The molecule has 3 aromatic carbocycles. The number of carbonyl (C=O) groups is 1. The molecule has 1 fully saturated rings. The number of hydrogen-bond donors (Lipinski definition) is 0. The summed E-state index contributed by atoms with van der Waals surface area (Å²) in [6.45, 7) is 7.52. The molecule has 1 aliphatic heterocycles. The highest BCUT2D eigenvalue weighted by atomic mass is 32.1. The third-order valence-corrected chi connectivity index (χ3v) is 7.06. The quantitative estimate of drug-likeness (QED) is 0.395. The van der Waals surface area contributed by atoms with Crippen molar-refractivity contribution in [1.82, 2.24) is 14.8 Å². The largest absolute Gasteiger partial charge is 0.297 e. The Bertz CT molecular complexity index is 1230. The summed E-state index contributed by atoms with van der Waals surface area (Å²) >= 11 is 1.53. The molecule has 6 heteroatoms. The maximum atomic E-state index is 12.3. The number of hydrogen-bond acceptors (Lipinski definition) is 5. The molecule has 1 amide bonds. The van der Waals surface area contributed by atoms with E-state index >= 15 is 0 Å². The van der Waals surface area contributed by atoms with Crippen LogP contribution in [0.25, 0.3) is 10.8 Å². The van der Waals surface area contributed by atoms with Crippen LogP contribution in [0.4, 0.5) is 10.8 Å². The molecular formula is C27H28N4OS. The van der Waals surface area contributed by atoms with Crippen molar-refractivity contribution < 1.29 is 4.79 Å². The molecule has 1 aromatic heterocycles. The summed E-state index contributed by atoms with van der Waals surface area (Å²) in [5.41, 5.74) is 3.28. The van der Waals surface area contributed by atoms with E-state index in [4.69, 9.17) is 4.98 Å². The molecule has 33 heavy (non-hydrogen) atoms. The molecule has 168 valence electrons. The summed E-state index contributed by atoms with van der Waals surface area (Å²) in [5.74, 6) is -0.0239. The van der Waals surface area contributed by atoms with Gasteiger partial charge in [-0.2, -0.15) is 0 Å². The number of para-hydroxylation sites is 1. The fourth-order valence-corrected chi connectivity index (χ4v) is 5.36. The van der Waals surface area contributed by atoms with Gasteiger partial charge < -0.3 is 0 Å². The van der Waals surface area contributed by atoms with E-state index in [1.807, 2.05) is 30.3 Å². The molecular weight excluding hydrogens is 428 g/mol. The fraction of sp³-hybridized carbons (Fsp3) is 0.259. The van der Waals surface area contributed by atoms with E-state index in [9.17, 15) is 4.79 Å². The van der Waals surface area contributed by atoms with Crippen LogP contribution in [-0.4, -0.2) is 46.9 Å². The zero-order chi connectivity index (χ0) is 22.6. The van der Waals surface area contributed by atoms with Gasteiger partial charge in [0.25, 0.3) is 0 Å². The van der Waals surface area contributed by atoms with Gasteiger partial charge in [-0.05, 0) is 28.5 Å². The lowest BCUT2D eigenvalue weighted by atomic mass is 10.0. The van der Waals surface area contributed by atoms with Gasteiger partial charge in [0, 0.05) is 51.6 Å². The molecule has 0 bridgehead atoms. The number of aromatic nitrogens is 1. The Morgan fingerprint density at radius 2 is 1.55 bits per heavy atom. The smallest absolute Gasteiger partial charge is 0.230 e. The highest BCUT2D eigenvalue weighted by Crippen LogP contribution is 2.29. The molecule has 0 saturated carbocycles. The van der Waals surface area contributed by atoms with Crippen LogP contribution in [-0.2, 0) is 17.9 Å². The molecule has 5 nitrogen and oxygen atoms in total. The first kappa shape index (κ1) is 21.8. The van der Waals surface area contributed by atoms with Crippen molar-refractivity contribution in [3.8, 4) is 0 Å². The van der Waals surface area contributed by atoms with E-state index in [-0.39, 0.29) is 5.91 Å². The minimum absolute atomic E-state index is 0.0239. The van der Waals surface area contributed by atoms with E-state index in [1.54, 1.807) is 11.8 Å². The molecule has 0 aliphatic carbocycles. The van der Waals surface area contributed by atoms with E-state index in [2.05, 4.69) is 57.6 Å². The van der Waals surface area contributed by atoms with Gasteiger partial charge in [-0.25, -0.2) is 4.98 Å². The minimum atomic E-state index is -0.0239. The van der Waals surface area contributed by atoms with Crippen LogP contribution in [0.5, 0.6) is 0 Å². The summed E-state index contributed by atoms with van der Waals surface area (Å²) in [6, 6.07) is 24.9. The average molecular weight is 457 g/mol. The molecule has 2 heterocycles. The molecule has 0 radical (unpaired) electrons. The molecule has 5 rings (SSSR count). The van der Waals surface area contributed by atoms with Crippen LogP contribution in [0.1, 0.15) is 18.2 Å². The number of nitrogens with zero attached hydrogens (tertiary/aromatic N) is 4. The first-order valence-corrected chi connectivity index (χ1v) is 12.3. The zero-order valence-corrected chi connectivity index (χ0v) is 19.7. The minimum Gasteiger partial charge on any atom is -0.297 e. The van der Waals surface area contributed by atoms with E-state index in [0.717, 1.165) is 55.8 Å². The van der Waals surface area contributed by atoms with Crippen molar-refractivity contribution in [3.63, 3.8) is 0 Å². The number of thiazole rings is 1. The summed E-state index contributed by atoms with van der Waals surface area (Å²) < 4.78 is 0. The Kier molecular flexibility index (Phi) is 6.48. The highest BCUT2D eigenvalue weighted by molar-refractivity contribution is 7.14. The van der Waals surface area contributed by atoms with Crippen LogP contribution < -0.4 is 4.90 Å². The van der Waals surface area contributed by atoms with Crippen molar-refractivity contribution >= 4 is 38.8 Å².